The lowest BCUT2D eigenvalue weighted by atomic mass is 10.1. The molecule has 1 aromatic heterocycles. The number of hydrogen-bond donors (Lipinski definition) is 1. The van der Waals surface area contributed by atoms with E-state index in [0.717, 1.165) is 5.56 Å². The smallest absolute Gasteiger partial charge is 0.306 e. The molecule has 1 N–H and O–H groups in total. The lowest BCUT2D eigenvalue weighted by Crippen LogP contribution is -2.26. The first-order chi connectivity index (χ1) is 11.0. The van der Waals surface area contributed by atoms with Gasteiger partial charge in [-0.3, -0.25) is 19.6 Å². The summed E-state index contributed by atoms with van der Waals surface area (Å²) in [5.41, 5.74) is 0.927. The van der Waals surface area contributed by atoms with E-state index in [0.29, 0.717) is 24.4 Å². The first kappa shape index (κ1) is 17.0. The van der Waals surface area contributed by atoms with Crippen LogP contribution in [0.15, 0.2) is 36.7 Å². The number of nitro groups is 1. The summed E-state index contributed by atoms with van der Waals surface area (Å²) in [4.78, 5) is 22.0. The summed E-state index contributed by atoms with van der Waals surface area (Å²) in [6.07, 6.45) is 3.43. The van der Waals surface area contributed by atoms with Crippen molar-refractivity contribution in [2.45, 2.75) is 32.4 Å². The molecule has 1 aromatic carbocycles. The Hall–Kier alpha value is -2.41. The molecule has 0 fully saturated rings. The zero-order valence-electron chi connectivity index (χ0n) is 12.6. The van der Waals surface area contributed by atoms with Crippen LogP contribution in [0, 0.1) is 10.1 Å². The van der Waals surface area contributed by atoms with Crippen molar-refractivity contribution in [3.05, 3.63) is 57.4 Å². The molecule has 0 saturated heterocycles. The monoisotopic (exact) mass is 336 g/mol. The Morgan fingerprint density at radius 3 is 2.74 bits per heavy atom. The molecule has 7 nitrogen and oxygen atoms in total. The molecule has 8 heteroatoms. The summed E-state index contributed by atoms with van der Waals surface area (Å²) in [5.74, 6) is -0.0749. The van der Waals surface area contributed by atoms with Crippen molar-refractivity contribution in [1.82, 2.24) is 15.1 Å². The Labute approximate surface area is 138 Å². The van der Waals surface area contributed by atoms with Crippen LogP contribution in [0.3, 0.4) is 0 Å². The van der Waals surface area contributed by atoms with E-state index in [2.05, 4.69) is 10.4 Å². The van der Waals surface area contributed by atoms with Crippen molar-refractivity contribution in [1.29, 1.82) is 0 Å². The van der Waals surface area contributed by atoms with Gasteiger partial charge in [-0.25, -0.2) is 0 Å². The number of rotatable bonds is 7. The normalized spacial score (nSPS) is 11.9. The van der Waals surface area contributed by atoms with E-state index in [1.54, 1.807) is 12.1 Å². The number of carbonyl (C=O) groups excluding carboxylic acids is 1. The van der Waals surface area contributed by atoms with Crippen molar-refractivity contribution < 1.29 is 9.72 Å². The number of nitrogens with one attached hydrogen (secondary N) is 1. The van der Waals surface area contributed by atoms with E-state index in [1.165, 1.54) is 17.1 Å². The third kappa shape index (κ3) is 5.07. The fourth-order valence-electron chi connectivity index (χ4n) is 2.12. The summed E-state index contributed by atoms with van der Waals surface area (Å²) in [7, 11) is 0. The van der Waals surface area contributed by atoms with Crippen LogP contribution in [0.5, 0.6) is 0 Å². The second-order valence-electron chi connectivity index (χ2n) is 5.16. The largest absolute Gasteiger partial charge is 0.350 e. The van der Waals surface area contributed by atoms with E-state index in [1.807, 2.05) is 19.1 Å². The van der Waals surface area contributed by atoms with Gasteiger partial charge in [0.1, 0.15) is 12.4 Å². The maximum atomic E-state index is 11.9. The molecule has 0 aliphatic carbocycles. The maximum Gasteiger partial charge on any atom is 0.306 e. The quantitative estimate of drug-likeness (QED) is 0.621. The third-order valence-electron chi connectivity index (χ3n) is 3.37. The first-order valence-corrected chi connectivity index (χ1v) is 7.55. The van der Waals surface area contributed by atoms with Gasteiger partial charge in [0.2, 0.25) is 5.91 Å². The molecule has 1 atom stereocenters. The fraction of sp³-hybridized carbons (Fsp3) is 0.333. The summed E-state index contributed by atoms with van der Waals surface area (Å²) in [5, 5.41) is 18.0. The van der Waals surface area contributed by atoms with Crippen LogP contribution in [0.4, 0.5) is 5.69 Å². The highest BCUT2D eigenvalue weighted by Gasteiger charge is 2.11. The SMILES string of the molecule is CC(NC(=O)CCCn1cc([N+](=O)[O-])cn1)c1ccc(Cl)cc1. The zero-order chi connectivity index (χ0) is 16.8. The van der Waals surface area contributed by atoms with Crippen LogP contribution in [-0.2, 0) is 11.3 Å². The molecule has 1 heterocycles. The highest BCUT2D eigenvalue weighted by atomic mass is 35.5. The number of benzene rings is 1. The highest BCUT2D eigenvalue weighted by Crippen LogP contribution is 2.16. The van der Waals surface area contributed by atoms with Crippen LogP contribution < -0.4 is 5.32 Å². The number of carbonyl (C=O) groups is 1. The van der Waals surface area contributed by atoms with Crippen LogP contribution in [0.1, 0.15) is 31.4 Å². The van der Waals surface area contributed by atoms with E-state index in [-0.39, 0.29) is 17.6 Å². The molecule has 0 spiro atoms. The van der Waals surface area contributed by atoms with E-state index in [9.17, 15) is 14.9 Å². The molecular formula is C15H17ClN4O3. The molecule has 0 radical (unpaired) electrons. The molecular weight excluding hydrogens is 320 g/mol. The molecule has 0 aliphatic rings. The number of halogens is 1. The van der Waals surface area contributed by atoms with Crippen LogP contribution in [0.25, 0.3) is 0 Å². The predicted molar refractivity (Wildman–Crippen MR) is 86.1 cm³/mol. The van der Waals surface area contributed by atoms with E-state index >= 15 is 0 Å². The van der Waals surface area contributed by atoms with E-state index in [4.69, 9.17) is 11.6 Å². The van der Waals surface area contributed by atoms with Crippen molar-refractivity contribution in [3.63, 3.8) is 0 Å². The van der Waals surface area contributed by atoms with Crippen molar-refractivity contribution >= 4 is 23.2 Å². The molecule has 2 aromatic rings. The number of hydrogen-bond acceptors (Lipinski definition) is 4. The highest BCUT2D eigenvalue weighted by molar-refractivity contribution is 6.30. The van der Waals surface area contributed by atoms with Gasteiger partial charge in [0.05, 0.1) is 11.0 Å². The standard InChI is InChI=1S/C15H17ClN4O3/c1-11(12-4-6-13(16)7-5-12)18-15(21)3-2-8-19-10-14(9-17-19)20(22)23/h4-7,9-11H,2-3,8H2,1H3,(H,18,21). The molecule has 23 heavy (non-hydrogen) atoms. The minimum Gasteiger partial charge on any atom is -0.350 e. The minimum absolute atomic E-state index is 0.0502. The van der Waals surface area contributed by atoms with Gasteiger partial charge in [-0.1, -0.05) is 23.7 Å². The lowest BCUT2D eigenvalue weighted by molar-refractivity contribution is -0.385. The van der Waals surface area contributed by atoms with Crippen molar-refractivity contribution in [3.8, 4) is 0 Å². The van der Waals surface area contributed by atoms with Crippen LogP contribution >= 0.6 is 11.6 Å². The average Bonchev–Trinajstić information content (AvgIpc) is 2.97. The van der Waals surface area contributed by atoms with Gasteiger partial charge in [-0.2, -0.15) is 5.10 Å². The van der Waals surface area contributed by atoms with Gasteiger partial charge in [0.15, 0.2) is 0 Å². The zero-order valence-corrected chi connectivity index (χ0v) is 13.4. The Morgan fingerprint density at radius 2 is 2.13 bits per heavy atom. The Kier molecular flexibility index (Phi) is 5.70. The van der Waals surface area contributed by atoms with Gasteiger partial charge in [0, 0.05) is 18.0 Å². The Balaban J connectivity index is 1.76. The van der Waals surface area contributed by atoms with Gasteiger partial charge in [-0.15, -0.1) is 0 Å². The summed E-state index contributed by atoms with van der Waals surface area (Å²) in [6, 6.07) is 7.20. The molecule has 1 unspecified atom stereocenters. The maximum absolute atomic E-state index is 11.9. The topological polar surface area (TPSA) is 90.1 Å². The van der Waals surface area contributed by atoms with Gasteiger partial charge in [0.25, 0.3) is 0 Å². The van der Waals surface area contributed by atoms with Gasteiger partial charge < -0.3 is 5.32 Å². The summed E-state index contributed by atoms with van der Waals surface area (Å²) >= 11 is 5.83. The second-order valence-corrected chi connectivity index (χ2v) is 5.60. The van der Waals surface area contributed by atoms with Gasteiger partial charge >= 0.3 is 5.69 Å². The Bertz CT molecular complexity index is 684. The van der Waals surface area contributed by atoms with Crippen molar-refractivity contribution in [2.75, 3.05) is 0 Å². The molecule has 1 amide bonds. The molecule has 0 bridgehead atoms. The number of nitrogens with zero attached hydrogens (tertiary/aromatic N) is 3. The molecule has 2 rings (SSSR count). The Morgan fingerprint density at radius 1 is 1.43 bits per heavy atom. The third-order valence-corrected chi connectivity index (χ3v) is 3.62. The van der Waals surface area contributed by atoms with Crippen LogP contribution in [0.2, 0.25) is 5.02 Å². The molecule has 0 saturated carbocycles. The summed E-state index contributed by atoms with van der Waals surface area (Å²) < 4.78 is 1.47. The first-order valence-electron chi connectivity index (χ1n) is 7.17. The lowest BCUT2D eigenvalue weighted by Gasteiger charge is -2.14. The van der Waals surface area contributed by atoms with E-state index < -0.39 is 4.92 Å². The molecule has 122 valence electrons. The number of aromatic nitrogens is 2. The second kappa shape index (κ2) is 7.73. The number of aryl methyl sites for hydroxylation is 1. The predicted octanol–water partition coefficient (Wildman–Crippen LogP) is 3.10. The van der Waals surface area contributed by atoms with Gasteiger partial charge in [-0.05, 0) is 31.0 Å². The van der Waals surface area contributed by atoms with Crippen molar-refractivity contribution in [2.24, 2.45) is 0 Å². The molecule has 0 aliphatic heterocycles. The average molecular weight is 337 g/mol. The fourth-order valence-corrected chi connectivity index (χ4v) is 2.25. The van der Waals surface area contributed by atoms with Crippen LogP contribution in [-0.4, -0.2) is 20.6 Å². The summed E-state index contributed by atoms with van der Waals surface area (Å²) in [6.45, 7) is 2.36. The minimum atomic E-state index is -0.496. The number of amides is 1.